The number of nitrogens with zero attached hydrogens (tertiary/aromatic N) is 2. The number of carbonyl (C=O) groups is 3. The Hall–Kier alpha value is -4.11. The second-order valence-electron chi connectivity index (χ2n) is 7.83. The predicted octanol–water partition coefficient (Wildman–Crippen LogP) is 4.07. The highest BCUT2D eigenvalue weighted by atomic mass is 32.1. The van der Waals surface area contributed by atoms with Gasteiger partial charge in [-0.1, -0.05) is 18.2 Å². The summed E-state index contributed by atoms with van der Waals surface area (Å²) in [5.74, 6) is -3.11. The maximum absolute atomic E-state index is 14.4. The Morgan fingerprint density at radius 2 is 1.74 bits per heavy atom. The number of carboxylic acid groups (broad SMARTS) is 1. The van der Waals surface area contributed by atoms with Crippen LogP contribution in [0, 0.1) is 26.6 Å². The number of thiocarbonyl (C=S) groups is 1. The molecule has 0 saturated carbocycles. The van der Waals surface area contributed by atoms with Gasteiger partial charge in [-0.3, -0.25) is 14.9 Å². The molecule has 2 amide bonds. The summed E-state index contributed by atoms with van der Waals surface area (Å²) >= 11 is 5.13. The lowest BCUT2D eigenvalue weighted by atomic mass is 10.1. The predicted molar refractivity (Wildman–Crippen MR) is 130 cm³/mol. The van der Waals surface area contributed by atoms with Crippen LogP contribution >= 0.6 is 12.2 Å². The molecule has 0 bridgehead atoms. The van der Waals surface area contributed by atoms with Crippen molar-refractivity contribution in [2.24, 2.45) is 0 Å². The Labute approximate surface area is 200 Å². The fraction of sp³-hybridized carbons (Fsp3) is 0.120. The van der Waals surface area contributed by atoms with E-state index in [0.717, 1.165) is 10.6 Å². The molecule has 1 aliphatic rings. The average Bonchev–Trinajstić information content (AvgIpc) is 3.05. The number of nitrogens with one attached hydrogen (secondary N) is 1. The SMILES string of the molecule is Cc1c(C(=O)O)cccc1-n1c(C)cc(/C=C2/C(=O)NC(=S)N(c3ccccc3F)C2=O)c1C. The Kier molecular flexibility index (Phi) is 5.89. The first-order valence-electron chi connectivity index (χ1n) is 10.3. The molecule has 2 aromatic carbocycles. The number of halogens is 1. The molecule has 9 heteroatoms. The minimum absolute atomic E-state index is 0.0602. The molecule has 4 rings (SSSR count). The Balaban J connectivity index is 1.81. The van der Waals surface area contributed by atoms with Crippen molar-refractivity contribution in [2.45, 2.75) is 20.8 Å². The Morgan fingerprint density at radius 3 is 2.41 bits per heavy atom. The number of anilines is 1. The number of rotatable bonds is 4. The van der Waals surface area contributed by atoms with Gasteiger partial charge in [0.15, 0.2) is 5.11 Å². The van der Waals surface area contributed by atoms with Crippen molar-refractivity contribution in [2.75, 3.05) is 4.90 Å². The van der Waals surface area contributed by atoms with E-state index in [1.54, 1.807) is 38.1 Å². The summed E-state index contributed by atoms with van der Waals surface area (Å²) in [7, 11) is 0. The monoisotopic (exact) mass is 477 g/mol. The van der Waals surface area contributed by atoms with Crippen LogP contribution < -0.4 is 10.2 Å². The maximum atomic E-state index is 14.4. The highest BCUT2D eigenvalue weighted by molar-refractivity contribution is 7.80. The van der Waals surface area contributed by atoms with Crippen molar-refractivity contribution in [1.29, 1.82) is 0 Å². The number of hydrogen-bond acceptors (Lipinski definition) is 4. The van der Waals surface area contributed by atoms with Gasteiger partial charge in [-0.2, -0.15) is 0 Å². The van der Waals surface area contributed by atoms with Gasteiger partial charge in [0.1, 0.15) is 11.4 Å². The average molecular weight is 478 g/mol. The van der Waals surface area contributed by atoms with E-state index >= 15 is 0 Å². The summed E-state index contributed by atoms with van der Waals surface area (Å²) in [6.07, 6.45) is 1.43. The highest BCUT2D eigenvalue weighted by Crippen LogP contribution is 2.29. The van der Waals surface area contributed by atoms with Gasteiger partial charge in [-0.05, 0) is 80.5 Å². The van der Waals surface area contributed by atoms with Gasteiger partial charge in [0.05, 0.1) is 11.3 Å². The largest absolute Gasteiger partial charge is 0.478 e. The van der Waals surface area contributed by atoms with Gasteiger partial charge < -0.3 is 9.67 Å². The van der Waals surface area contributed by atoms with Crippen LogP contribution in [0.5, 0.6) is 0 Å². The summed E-state index contributed by atoms with van der Waals surface area (Å²) in [5, 5.41) is 11.7. The molecule has 0 spiro atoms. The van der Waals surface area contributed by atoms with E-state index in [1.807, 2.05) is 11.5 Å². The van der Waals surface area contributed by atoms with Gasteiger partial charge in [0.2, 0.25) is 0 Å². The summed E-state index contributed by atoms with van der Waals surface area (Å²) in [6, 6.07) is 12.4. The normalized spacial score (nSPS) is 15.1. The third kappa shape index (κ3) is 3.80. The molecule has 34 heavy (non-hydrogen) atoms. The fourth-order valence-electron chi connectivity index (χ4n) is 4.07. The van der Waals surface area contributed by atoms with Crippen molar-refractivity contribution in [3.05, 3.63) is 88.0 Å². The molecule has 7 nitrogen and oxygen atoms in total. The van der Waals surface area contributed by atoms with E-state index in [0.29, 0.717) is 22.5 Å². The molecule has 0 aliphatic carbocycles. The minimum Gasteiger partial charge on any atom is -0.478 e. The zero-order chi connectivity index (χ0) is 24.7. The standard InChI is InChI=1S/C25H20FN3O4S/c1-13-11-16(15(3)28(13)20-10-6-7-17(14(20)2)24(32)33)12-18-22(30)27-25(34)29(23(18)31)21-9-5-4-8-19(21)26/h4-12H,1-3H3,(H,32,33)(H,27,30,34)/b18-12-. The first kappa shape index (κ1) is 23.1. The molecule has 1 aliphatic heterocycles. The quantitative estimate of drug-likeness (QED) is 0.336. The molecule has 3 aromatic rings. The molecule has 1 fully saturated rings. The van der Waals surface area contributed by atoms with Crippen LogP contribution in [0.2, 0.25) is 0 Å². The van der Waals surface area contributed by atoms with E-state index in [-0.39, 0.29) is 21.9 Å². The van der Waals surface area contributed by atoms with Crippen molar-refractivity contribution in [1.82, 2.24) is 9.88 Å². The molecular weight excluding hydrogens is 457 g/mol. The molecule has 2 N–H and O–H groups in total. The number of para-hydroxylation sites is 1. The smallest absolute Gasteiger partial charge is 0.336 e. The van der Waals surface area contributed by atoms with E-state index in [1.165, 1.54) is 30.3 Å². The number of aromatic carboxylic acids is 1. The fourth-order valence-corrected chi connectivity index (χ4v) is 4.34. The summed E-state index contributed by atoms with van der Waals surface area (Å²) in [5.41, 5.74) is 3.23. The number of benzene rings is 2. The summed E-state index contributed by atoms with van der Waals surface area (Å²) in [4.78, 5) is 38.4. The second-order valence-corrected chi connectivity index (χ2v) is 8.21. The number of carbonyl (C=O) groups excluding carboxylic acids is 2. The molecule has 2 heterocycles. The summed E-state index contributed by atoms with van der Waals surface area (Å²) < 4.78 is 16.2. The van der Waals surface area contributed by atoms with Crippen molar-refractivity contribution >= 4 is 46.9 Å². The molecule has 0 radical (unpaired) electrons. The molecular formula is C25H20FN3O4S. The van der Waals surface area contributed by atoms with Gasteiger partial charge >= 0.3 is 5.97 Å². The van der Waals surface area contributed by atoms with Crippen molar-refractivity contribution < 1.29 is 23.9 Å². The summed E-state index contributed by atoms with van der Waals surface area (Å²) in [6.45, 7) is 5.36. The lowest BCUT2D eigenvalue weighted by Crippen LogP contribution is -2.54. The number of aryl methyl sites for hydroxylation is 1. The lowest BCUT2D eigenvalue weighted by Gasteiger charge is -2.29. The number of amides is 2. The van der Waals surface area contributed by atoms with Gasteiger partial charge in [-0.15, -0.1) is 0 Å². The lowest BCUT2D eigenvalue weighted by molar-refractivity contribution is -0.122. The first-order valence-corrected chi connectivity index (χ1v) is 10.7. The van der Waals surface area contributed by atoms with Crippen molar-refractivity contribution in [3.63, 3.8) is 0 Å². The topological polar surface area (TPSA) is 91.6 Å². The molecule has 0 atom stereocenters. The molecule has 172 valence electrons. The Morgan fingerprint density at radius 1 is 1.06 bits per heavy atom. The van der Waals surface area contributed by atoms with E-state index < -0.39 is 23.6 Å². The van der Waals surface area contributed by atoms with Gasteiger partial charge in [0, 0.05) is 17.1 Å². The zero-order valence-corrected chi connectivity index (χ0v) is 19.4. The third-order valence-corrected chi connectivity index (χ3v) is 6.03. The van der Waals surface area contributed by atoms with Crippen molar-refractivity contribution in [3.8, 4) is 5.69 Å². The molecule has 0 unspecified atom stereocenters. The van der Waals surface area contributed by atoms with Crippen LogP contribution in [0.3, 0.4) is 0 Å². The maximum Gasteiger partial charge on any atom is 0.336 e. The molecule has 1 aromatic heterocycles. The number of hydrogen-bond donors (Lipinski definition) is 2. The second kappa shape index (κ2) is 8.68. The molecule has 1 saturated heterocycles. The van der Waals surface area contributed by atoms with Crippen LogP contribution in [0.25, 0.3) is 11.8 Å². The number of aromatic nitrogens is 1. The van der Waals surface area contributed by atoms with Crippen LogP contribution in [0.4, 0.5) is 10.1 Å². The van der Waals surface area contributed by atoms with Gasteiger partial charge in [0.25, 0.3) is 11.8 Å². The van der Waals surface area contributed by atoms with Crippen LogP contribution in [0.15, 0.2) is 54.1 Å². The minimum atomic E-state index is -1.03. The van der Waals surface area contributed by atoms with E-state index in [4.69, 9.17) is 12.2 Å². The number of carboxylic acids is 1. The zero-order valence-electron chi connectivity index (χ0n) is 18.5. The van der Waals surface area contributed by atoms with Crippen LogP contribution in [-0.4, -0.2) is 32.6 Å². The van der Waals surface area contributed by atoms with Gasteiger partial charge in [-0.25, -0.2) is 14.1 Å². The van der Waals surface area contributed by atoms with Crippen LogP contribution in [0.1, 0.15) is 32.9 Å². The third-order valence-electron chi connectivity index (χ3n) is 5.74. The highest BCUT2D eigenvalue weighted by Gasteiger charge is 2.36. The Bertz CT molecular complexity index is 1420. The first-order chi connectivity index (χ1) is 16.1. The van der Waals surface area contributed by atoms with Crippen LogP contribution in [-0.2, 0) is 9.59 Å². The van der Waals surface area contributed by atoms with E-state index in [9.17, 15) is 23.9 Å². The van der Waals surface area contributed by atoms with E-state index in [2.05, 4.69) is 5.32 Å².